The average Bonchev–Trinajstić information content (AvgIpc) is 2.98. The number of ether oxygens (including phenoxy) is 1. The highest BCUT2D eigenvalue weighted by Crippen LogP contribution is 2.30. The maximum atomic E-state index is 11.8. The number of aromatic nitrogens is 2. The van der Waals surface area contributed by atoms with E-state index in [1.807, 2.05) is 0 Å². The molecule has 0 N–H and O–H groups in total. The first-order valence-electron chi connectivity index (χ1n) is 6.18. The van der Waals surface area contributed by atoms with Gasteiger partial charge in [-0.2, -0.15) is 0 Å². The molecule has 0 radical (unpaired) electrons. The van der Waals surface area contributed by atoms with Gasteiger partial charge in [-0.05, 0) is 12.1 Å². The van der Waals surface area contributed by atoms with Gasteiger partial charge in [0.05, 0.1) is 12.0 Å². The maximum Gasteiger partial charge on any atom is 0.342 e. The molecule has 8 nitrogen and oxygen atoms in total. The fourth-order valence-corrected chi connectivity index (χ4v) is 2.00. The third-order valence-corrected chi connectivity index (χ3v) is 3.02. The number of esters is 1. The lowest BCUT2D eigenvalue weighted by molar-refractivity contribution is -0.384. The number of hydrogen-bond acceptors (Lipinski definition) is 7. The zero-order valence-electron chi connectivity index (χ0n) is 11.3. The van der Waals surface area contributed by atoms with Crippen LogP contribution in [0.15, 0.2) is 41.1 Å². The van der Waals surface area contributed by atoms with Gasteiger partial charge in [0, 0.05) is 30.1 Å². The van der Waals surface area contributed by atoms with Gasteiger partial charge < -0.3 is 9.15 Å². The van der Waals surface area contributed by atoms with Crippen LogP contribution in [0.25, 0.3) is 22.6 Å². The summed E-state index contributed by atoms with van der Waals surface area (Å²) in [5, 5.41) is 11.0. The molecular weight excluding hydrogens is 290 g/mol. The van der Waals surface area contributed by atoms with E-state index in [-0.39, 0.29) is 28.2 Å². The van der Waals surface area contributed by atoms with Crippen LogP contribution >= 0.6 is 0 Å². The molecule has 0 atom stereocenters. The van der Waals surface area contributed by atoms with E-state index in [9.17, 15) is 14.9 Å². The summed E-state index contributed by atoms with van der Waals surface area (Å²) in [4.78, 5) is 30.3. The standard InChI is InChI=1S/C14H9N3O5/c1-21-14(18)10-6-9(17(19)20)7-11-12(10)22-13(16-11)8-2-4-15-5-3-8/h2-7H,1H3. The van der Waals surface area contributed by atoms with Gasteiger partial charge >= 0.3 is 5.97 Å². The molecule has 0 amide bonds. The van der Waals surface area contributed by atoms with E-state index in [4.69, 9.17) is 4.42 Å². The molecule has 22 heavy (non-hydrogen) atoms. The number of carbonyl (C=O) groups is 1. The summed E-state index contributed by atoms with van der Waals surface area (Å²) in [5.74, 6) is -0.492. The minimum atomic E-state index is -0.730. The summed E-state index contributed by atoms with van der Waals surface area (Å²) in [6, 6.07) is 5.71. The van der Waals surface area contributed by atoms with Crippen molar-refractivity contribution in [3.05, 3.63) is 52.3 Å². The second kappa shape index (κ2) is 5.24. The molecular formula is C14H9N3O5. The predicted molar refractivity (Wildman–Crippen MR) is 75.2 cm³/mol. The number of nitro groups is 1. The highest BCUT2D eigenvalue weighted by atomic mass is 16.6. The zero-order valence-corrected chi connectivity index (χ0v) is 11.3. The Hall–Kier alpha value is -3.29. The Morgan fingerprint density at radius 3 is 2.68 bits per heavy atom. The van der Waals surface area contributed by atoms with Gasteiger partial charge in [-0.1, -0.05) is 0 Å². The van der Waals surface area contributed by atoms with E-state index < -0.39 is 10.9 Å². The van der Waals surface area contributed by atoms with E-state index in [0.717, 1.165) is 6.07 Å². The van der Waals surface area contributed by atoms with E-state index in [1.54, 1.807) is 24.5 Å². The van der Waals surface area contributed by atoms with Crippen LogP contribution in [0, 0.1) is 10.1 Å². The predicted octanol–water partition coefficient (Wildman–Crippen LogP) is 2.58. The third kappa shape index (κ3) is 2.26. The van der Waals surface area contributed by atoms with Crippen molar-refractivity contribution in [3.63, 3.8) is 0 Å². The van der Waals surface area contributed by atoms with Crippen molar-refractivity contribution < 1.29 is 18.9 Å². The number of methoxy groups -OCH3 is 1. The lowest BCUT2D eigenvalue weighted by Gasteiger charge is -1.99. The fraction of sp³-hybridized carbons (Fsp3) is 0.0714. The number of fused-ring (bicyclic) bond motifs is 1. The van der Waals surface area contributed by atoms with Crippen molar-refractivity contribution in [3.8, 4) is 11.5 Å². The Morgan fingerprint density at radius 1 is 1.32 bits per heavy atom. The summed E-state index contributed by atoms with van der Waals surface area (Å²) < 4.78 is 10.2. The molecule has 0 aliphatic heterocycles. The van der Waals surface area contributed by atoms with E-state index in [1.165, 1.54) is 13.2 Å². The number of hydrogen-bond donors (Lipinski definition) is 0. The van der Waals surface area contributed by atoms with Crippen molar-refractivity contribution >= 4 is 22.8 Å². The number of carbonyl (C=O) groups excluding carboxylic acids is 1. The maximum absolute atomic E-state index is 11.8. The van der Waals surface area contributed by atoms with Gasteiger partial charge in [-0.15, -0.1) is 0 Å². The number of non-ortho nitro benzene ring substituents is 1. The molecule has 0 saturated heterocycles. The second-order valence-corrected chi connectivity index (χ2v) is 4.35. The van der Waals surface area contributed by atoms with Gasteiger partial charge in [-0.3, -0.25) is 15.1 Å². The van der Waals surface area contributed by atoms with E-state index in [0.29, 0.717) is 5.56 Å². The quantitative estimate of drug-likeness (QED) is 0.415. The van der Waals surface area contributed by atoms with Crippen LogP contribution in [-0.2, 0) is 4.74 Å². The summed E-state index contributed by atoms with van der Waals surface area (Å²) in [5.41, 5.74) is 0.692. The van der Waals surface area contributed by atoms with Crippen molar-refractivity contribution in [2.45, 2.75) is 0 Å². The first-order chi connectivity index (χ1) is 10.6. The van der Waals surface area contributed by atoms with Crippen LogP contribution in [0.5, 0.6) is 0 Å². The Morgan fingerprint density at radius 2 is 2.05 bits per heavy atom. The summed E-state index contributed by atoms with van der Waals surface area (Å²) >= 11 is 0. The molecule has 8 heteroatoms. The summed E-state index contributed by atoms with van der Waals surface area (Å²) in [6.45, 7) is 0. The van der Waals surface area contributed by atoms with Crippen LogP contribution < -0.4 is 0 Å². The van der Waals surface area contributed by atoms with Gasteiger partial charge in [-0.25, -0.2) is 9.78 Å². The average molecular weight is 299 g/mol. The first-order valence-corrected chi connectivity index (χ1v) is 6.18. The lowest BCUT2D eigenvalue weighted by Crippen LogP contribution is -2.02. The number of oxazole rings is 1. The zero-order chi connectivity index (χ0) is 15.7. The molecule has 0 bridgehead atoms. The normalized spacial score (nSPS) is 10.6. The number of benzene rings is 1. The van der Waals surface area contributed by atoms with Crippen molar-refractivity contribution in [1.82, 2.24) is 9.97 Å². The van der Waals surface area contributed by atoms with Crippen LogP contribution in [0.1, 0.15) is 10.4 Å². The Balaban J connectivity index is 2.26. The lowest BCUT2D eigenvalue weighted by atomic mass is 10.1. The molecule has 110 valence electrons. The molecule has 0 aliphatic carbocycles. The van der Waals surface area contributed by atoms with Crippen molar-refractivity contribution in [1.29, 1.82) is 0 Å². The molecule has 0 spiro atoms. The number of rotatable bonds is 3. The van der Waals surface area contributed by atoms with Crippen LogP contribution in [0.3, 0.4) is 0 Å². The molecule has 3 aromatic rings. The minimum absolute atomic E-state index is 0.0421. The molecule has 2 heterocycles. The van der Waals surface area contributed by atoms with Crippen LogP contribution in [-0.4, -0.2) is 28.0 Å². The van der Waals surface area contributed by atoms with Crippen LogP contribution in [0.2, 0.25) is 0 Å². The SMILES string of the molecule is COC(=O)c1cc([N+](=O)[O-])cc2nc(-c3ccncc3)oc12. The van der Waals surface area contributed by atoms with Gasteiger partial charge in [0.25, 0.3) is 5.69 Å². The van der Waals surface area contributed by atoms with Gasteiger partial charge in [0.15, 0.2) is 5.58 Å². The van der Waals surface area contributed by atoms with Gasteiger partial charge in [0.2, 0.25) is 5.89 Å². The first kappa shape index (κ1) is 13.7. The highest BCUT2D eigenvalue weighted by Gasteiger charge is 2.22. The monoisotopic (exact) mass is 299 g/mol. The molecule has 1 aromatic carbocycles. The number of nitrogens with zero attached hydrogens (tertiary/aromatic N) is 3. The van der Waals surface area contributed by atoms with E-state index in [2.05, 4.69) is 14.7 Å². The molecule has 2 aromatic heterocycles. The molecule has 0 saturated carbocycles. The Labute approximate surface area is 123 Å². The van der Waals surface area contributed by atoms with Crippen molar-refractivity contribution in [2.75, 3.05) is 7.11 Å². The Kier molecular flexibility index (Phi) is 3.26. The van der Waals surface area contributed by atoms with Crippen LogP contribution in [0.4, 0.5) is 5.69 Å². The molecule has 0 aliphatic rings. The second-order valence-electron chi connectivity index (χ2n) is 4.35. The van der Waals surface area contributed by atoms with E-state index >= 15 is 0 Å². The highest BCUT2D eigenvalue weighted by molar-refractivity contribution is 6.02. The topological polar surface area (TPSA) is 108 Å². The van der Waals surface area contributed by atoms with Crippen molar-refractivity contribution in [2.24, 2.45) is 0 Å². The smallest absolute Gasteiger partial charge is 0.342 e. The van der Waals surface area contributed by atoms with Gasteiger partial charge in [0.1, 0.15) is 11.1 Å². The minimum Gasteiger partial charge on any atom is -0.465 e. The number of nitro benzene ring substituents is 1. The third-order valence-electron chi connectivity index (χ3n) is 3.02. The molecule has 0 unspecified atom stereocenters. The largest absolute Gasteiger partial charge is 0.465 e. The number of pyridine rings is 1. The molecule has 0 fully saturated rings. The summed E-state index contributed by atoms with van der Waals surface area (Å²) in [6.07, 6.45) is 3.13. The fourth-order valence-electron chi connectivity index (χ4n) is 2.00. The molecule has 3 rings (SSSR count). The Bertz CT molecular complexity index is 873. The summed E-state index contributed by atoms with van der Waals surface area (Å²) in [7, 11) is 1.19.